The van der Waals surface area contributed by atoms with Gasteiger partial charge >= 0.3 is 5.69 Å². The smallest absolute Gasteiger partial charge is 0.332 e. The molecular weight excluding hydrogens is 474 g/mol. The maximum atomic E-state index is 13.0. The number of nitrogens with zero attached hydrogens (tertiary/aromatic N) is 4. The van der Waals surface area contributed by atoms with Crippen LogP contribution in [-0.4, -0.2) is 64.2 Å². The SMILES string of the molecule is COc1ccc(-c2nc(SCC(=O)NC[C@@H]3CCCO3)c3c(=O)n(C)c(=O)n(C)c3n2)cc1OC. The first-order chi connectivity index (χ1) is 16.8. The van der Waals surface area contributed by atoms with Gasteiger partial charge in [0.05, 0.1) is 26.1 Å². The molecule has 0 aliphatic carbocycles. The van der Waals surface area contributed by atoms with Gasteiger partial charge < -0.3 is 19.5 Å². The van der Waals surface area contributed by atoms with Crippen LogP contribution in [0.1, 0.15) is 12.8 Å². The molecular formula is C23H27N5O6S. The summed E-state index contributed by atoms with van der Waals surface area (Å²) in [5, 5.41) is 3.35. The molecule has 11 nitrogen and oxygen atoms in total. The predicted octanol–water partition coefficient (Wildman–Crippen LogP) is 1.10. The molecule has 1 aliphatic heterocycles. The van der Waals surface area contributed by atoms with E-state index >= 15 is 0 Å². The Morgan fingerprint density at radius 2 is 1.94 bits per heavy atom. The van der Waals surface area contributed by atoms with Gasteiger partial charge in [-0.15, -0.1) is 0 Å². The molecule has 1 N–H and O–H groups in total. The molecule has 0 saturated carbocycles. The van der Waals surface area contributed by atoms with Gasteiger partial charge in [-0.3, -0.25) is 18.7 Å². The van der Waals surface area contributed by atoms with Crippen LogP contribution in [0, 0.1) is 0 Å². The van der Waals surface area contributed by atoms with E-state index < -0.39 is 11.2 Å². The second-order valence-electron chi connectivity index (χ2n) is 8.05. The second kappa shape index (κ2) is 10.5. The van der Waals surface area contributed by atoms with Crippen molar-refractivity contribution in [2.24, 2.45) is 14.1 Å². The lowest BCUT2D eigenvalue weighted by Crippen LogP contribution is -2.38. The Bertz CT molecular complexity index is 1380. The number of methoxy groups -OCH3 is 2. The van der Waals surface area contributed by atoms with E-state index in [0.717, 1.165) is 29.2 Å². The Kier molecular flexibility index (Phi) is 7.41. The van der Waals surface area contributed by atoms with E-state index in [1.807, 2.05) is 0 Å². The van der Waals surface area contributed by atoms with Crippen LogP contribution in [-0.2, 0) is 23.6 Å². The largest absolute Gasteiger partial charge is 0.493 e. The van der Waals surface area contributed by atoms with Gasteiger partial charge in [0.1, 0.15) is 10.4 Å². The van der Waals surface area contributed by atoms with Crippen molar-refractivity contribution in [3.63, 3.8) is 0 Å². The molecule has 1 amide bonds. The molecule has 12 heteroatoms. The summed E-state index contributed by atoms with van der Waals surface area (Å²) in [6.45, 7) is 1.15. The second-order valence-corrected chi connectivity index (χ2v) is 9.02. The Morgan fingerprint density at radius 3 is 2.63 bits per heavy atom. The third-order valence-corrected chi connectivity index (χ3v) is 6.77. The van der Waals surface area contributed by atoms with Crippen molar-refractivity contribution >= 4 is 28.7 Å². The van der Waals surface area contributed by atoms with Crippen molar-refractivity contribution in [2.45, 2.75) is 24.0 Å². The van der Waals surface area contributed by atoms with E-state index in [9.17, 15) is 14.4 Å². The molecule has 3 heterocycles. The van der Waals surface area contributed by atoms with E-state index in [1.165, 1.54) is 32.9 Å². The molecule has 1 aliphatic rings. The molecule has 1 fully saturated rings. The molecule has 0 bridgehead atoms. The average molecular weight is 502 g/mol. The Morgan fingerprint density at radius 1 is 1.17 bits per heavy atom. The topological polar surface area (TPSA) is 127 Å². The van der Waals surface area contributed by atoms with Crippen LogP contribution in [0.25, 0.3) is 22.4 Å². The summed E-state index contributed by atoms with van der Waals surface area (Å²) in [5.74, 6) is 1.14. The zero-order valence-electron chi connectivity index (χ0n) is 20.0. The minimum absolute atomic E-state index is 0.0299. The predicted molar refractivity (Wildman–Crippen MR) is 131 cm³/mol. The monoisotopic (exact) mass is 501 g/mol. The lowest BCUT2D eigenvalue weighted by atomic mass is 10.2. The molecule has 0 unspecified atom stereocenters. The third kappa shape index (κ3) is 5.03. The summed E-state index contributed by atoms with van der Waals surface area (Å²) in [6.07, 6.45) is 1.94. The summed E-state index contributed by atoms with van der Waals surface area (Å²) in [7, 11) is 5.99. The Hall–Kier alpha value is -3.38. The number of benzene rings is 1. The van der Waals surface area contributed by atoms with Gasteiger partial charge in [-0.25, -0.2) is 14.8 Å². The van der Waals surface area contributed by atoms with Gasteiger partial charge in [-0.05, 0) is 31.0 Å². The summed E-state index contributed by atoms with van der Waals surface area (Å²) in [6, 6.07) is 5.18. The highest BCUT2D eigenvalue weighted by molar-refractivity contribution is 8.00. The minimum Gasteiger partial charge on any atom is -0.493 e. The van der Waals surface area contributed by atoms with E-state index in [-0.39, 0.29) is 34.6 Å². The zero-order chi connectivity index (χ0) is 25.1. The van der Waals surface area contributed by atoms with Crippen molar-refractivity contribution in [1.82, 2.24) is 24.4 Å². The molecule has 0 spiro atoms. The van der Waals surface area contributed by atoms with Crippen LogP contribution in [0.2, 0.25) is 0 Å². The van der Waals surface area contributed by atoms with Gasteiger partial charge in [-0.1, -0.05) is 11.8 Å². The third-order valence-electron chi connectivity index (χ3n) is 5.80. The number of amides is 1. The number of hydrogen-bond acceptors (Lipinski definition) is 9. The maximum absolute atomic E-state index is 13.0. The number of carbonyl (C=O) groups is 1. The Balaban J connectivity index is 1.73. The first kappa shape index (κ1) is 24.7. The summed E-state index contributed by atoms with van der Waals surface area (Å²) in [4.78, 5) is 47.2. The molecule has 3 aromatic rings. The van der Waals surface area contributed by atoms with Crippen LogP contribution in [0.4, 0.5) is 0 Å². The number of aryl methyl sites for hydroxylation is 1. The first-order valence-corrected chi connectivity index (χ1v) is 12.0. The number of fused-ring (bicyclic) bond motifs is 1. The van der Waals surface area contributed by atoms with Gasteiger partial charge in [0.15, 0.2) is 23.0 Å². The van der Waals surface area contributed by atoms with E-state index in [1.54, 1.807) is 18.2 Å². The number of hydrogen-bond donors (Lipinski definition) is 1. The van der Waals surface area contributed by atoms with Crippen molar-refractivity contribution in [3.05, 3.63) is 39.0 Å². The average Bonchev–Trinajstić information content (AvgIpc) is 3.41. The highest BCUT2D eigenvalue weighted by Gasteiger charge is 2.21. The highest BCUT2D eigenvalue weighted by atomic mass is 32.2. The maximum Gasteiger partial charge on any atom is 0.332 e. The lowest BCUT2D eigenvalue weighted by Gasteiger charge is -2.14. The number of ether oxygens (including phenoxy) is 3. The van der Waals surface area contributed by atoms with Crippen LogP contribution >= 0.6 is 11.8 Å². The summed E-state index contributed by atoms with van der Waals surface area (Å²) < 4.78 is 18.5. The number of thioether (sulfide) groups is 1. The molecule has 1 aromatic carbocycles. The summed E-state index contributed by atoms with van der Waals surface area (Å²) >= 11 is 1.12. The zero-order valence-corrected chi connectivity index (χ0v) is 20.8. The normalized spacial score (nSPS) is 15.4. The van der Waals surface area contributed by atoms with Gasteiger partial charge in [-0.2, -0.15) is 0 Å². The number of nitrogens with one attached hydrogen (secondary N) is 1. The van der Waals surface area contributed by atoms with Crippen LogP contribution in [0.5, 0.6) is 11.5 Å². The van der Waals surface area contributed by atoms with Crippen LogP contribution in [0.15, 0.2) is 32.8 Å². The van der Waals surface area contributed by atoms with Crippen molar-refractivity contribution in [2.75, 3.05) is 33.1 Å². The highest BCUT2D eigenvalue weighted by Crippen LogP contribution is 2.32. The first-order valence-electron chi connectivity index (χ1n) is 11.0. The number of rotatable bonds is 8. The van der Waals surface area contributed by atoms with E-state index in [2.05, 4.69) is 15.3 Å². The standard InChI is InChI=1S/C23H27N5O6S/c1-27-20-18(22(30)28(2)23(27)31)21(35-12-17(29)24-11-14-6-5-9-34-14)26-19(25-20)13-7-8-15(32-3)16(10-13)33-4/h7-8,10,14H,5-6,9,11-12H2,1-4H3,(H,24,29)/t14-/m0/s1. The fraction of sp³-hybridized carbons (Fsp3) is 0.435. The Labute approximate surface area is 205 Å². The molecule has 1 saturated heterocycles. The lowest BCUT2D eigenvalue weighted by molar-refractivity contribution is -0.119. The van der Waals surface area contributed by atoms with Crippen molar-refractivity contribution in [3.8, 4) is 22.9 Å². The molecule has 2 aromatic heterocycles. The quantitative estimate of drug-likeness (QED) is 0.357. The fourth-order valence-corrected chi connectivity index (χ4v) is 4.70. The van der Waals surface area contributed by atoms with Gasteiger partial charge in [0, 0.05) is 32.8 Å². The minimum atomic E-state index is -0.524. The van der Waals surface area contributed by atoms with E-state index in [0.29, 0.717) is 35.2 Å². The molecule has 0 radical (unpaired) electrons. The van der Waals surface area contributed by atoms with Gasteiger partial charge in [0.25, 0.3) is 5.56 Å². The van der Waals surface area contributed by atoms with E-state index in [4.69, 9.17) is 14.2 Å². The van der Waals surface area contributed by atoms with Crippen molar-refractivity contribution < 1.29 is 19.0 Å². The number of aromatic nitrogens is 4. The van der Waals surface area contributed by atoms with Crippen LogP contribution < -0.4 is 26.0 Å². The van der Waals surface area contributed by atoms with Crippen LogP contribution in [0.3, 0.4) is 0 Å². The molecule has 186 valence electrons. The van der Waals surface area contributed by atoms with Gasteiger partial charge in [0.2, 0.25) is 5.91 Å². The molecule has 4 rings (SSSR count). The fourth-order valence-electron chi connectivity index (χ4n) is 3.86. The molecule has 35 heavy (non-hydrogen) atoms. The molecule has 1 atom stereocenters. The summed E-state index contributed by atoms with van der Waals surface area (Å²) in [5.41, 5.74) is -0.253. The van der Waals surface area contributed by atoms with Crippen molar-refractivity contribution in [1.29, 1.82) is 0 Å². The number of carbonyl (C=O) groups excluding carboxylic acids is 1.